The number of carboxylic acid groups (broad SMARTS) is 1. The molecule has 1 aliphatic rings. The number of carbonyl (C=O) groups is 1. The number of rotatable bonds is 5. The number of hydrogen-bond donors (Lipinski definition) is 1. The Kier molecular flexibility index (Phi) is 5.87. The van der Waals surface area contributed by atoms with Gasteiger partial charge in [-0.25, -0.2) is 22.9 Å². The zero-order chi connectivity index (χ0) is 24.0. The zero-order valence-electron chi connectivity index (χ0n) is 18.3. The van der Waals surface area contributed by atoms with E-state index in [0.29, 0.717) is 19.2 Å². The van der Waals surface area contributed by atoms with Gasteiger partial charge in [0.1, 0.15) is 17.2 Å². The highest BCUT2D eigenvalue weighted by Gasteiger charge is 2.31. The SMILES string of the molecule is C[C@H]([C@@H]1CCN(c2nc3c(cc2F)c(=O)c(C(=O)O)cn3-c2ccc(F)cc2F)C1)N(C)C. The third-order valence-electron chi connectivity index (χ3n) is 6.33. The molecule has 0 aliphatic carbocycles. The fourth-order valence-corrected chi connectivity index (χ4v) is 4.24. The molecule has 0 saturated carbocycles. The summed E-state index contributed by atoms with van der Waals surface area (Å²) in [6.45, 7) is 3.17. The molecule has 1 aromatic carbocycles. The Bertz CT molecular complexity index is 1310. The van der Waals surface area contributed by atoms with Gasteiger partial charge in [-0.2, -0.15) is 0 Å². The topological polar surface area (TPSA) is 78.7 Å². The van der Waals surface area contributed by atoms with Crippen molar-refractivity contribution in [3.8, 4) is 5.69 Å². The van der Waals surface area contributed by atoms with Gasteiger partial charge in [-0.3, -0.25) is 9.36 Å². The second kappa shape index (κ2) is 8.51. The highest BCUT2D eigenvalue weighted by Crippen LogP contribution is 2.30. The van der Waals surface area contributed by atoms with Crippen molar-refractivity contribution in [3.63, 3.8) is 0 Å². The van der Waals surface area contributed by atoms with Crippen molar-refractivity contribution in [2.45, 2.75) is 19.4 Å². The van der Waals surface area contributed by atoms with Crippen LogP contribution < -0.4 is 10.3 Å². The van der Waals surface area contributed by atoms with E-state index in [1.807, 2.05) is 14.1 Å². The van der Waals surface area contributed by atoms with Crippen LogP contribution in [0.15, 0.2) is 35.3 Å². The molecule has 0 spiro atoms. The summed E-state index contributed by atoms with van der Waals surface area (Å²) in [5, 5.41) is 9.13. The molecular weight excluding hydrogens is 437 g/mol. The summed E-state index contributed by atoms with van der Waals surface area (Å²) in [4.78, 5) is 32.5. The number of aromatic carboxylic acids is 1. The summed E-state index contributed by atoms with van der Waals surface area (Å²) in [7, 11) is 3.94. The third-order valence-corrected chi connectivity index (χ3v) is 6.33. The van der Waals surface area contributed by atoms with Crippen molar-refractivity contribution in [1.29, 1.82) is 0 Å². The summed E-state index contributed by atoms with van der Waals surface area (Å²) in [6.07, 6.45) is 1.74. The molecule has 3 heterocycles. The van der Waals surface area contributed by atoms with Gasteiger partial charge in [-0.15, -0.1) is 0 Å². The Morgan fingerprint density at radius 3 is 2.58 bits per heavy atom. The van der Waals surface area contributed by atoms with Gasteiger partial charge >= 0.3 is 5.97 Å². The number of hydrogen-bond acceptors (Lipinski definition) is 5. The van der Waals surface area contributed by atoms with E-state index in [-0.39, 0.29) is 34.5 Å². The van der Waals surface area contributed by atoms with Gasteiger partial charge in [0.25, 0.3) is 0 Å². The molecular formula is C23H23F3N4O3. The molecule has 1 fully saturated rings. The van der Waals surface area contributed by atoms with Crippen molar-refractivity contribution in [1.82, 2.24) is 14.5 Å². The second-order valence-corrected chi connectivity index (χ2v) is 8.51. The van der Waals surface area contributed by atoms with E-state index >= 15 is 4.39 Å². The highest BCUT2D eigenvalue weighted by atomic mass is 19.1. The molecule has 1 saturated heterocycles. The average molecular weight is 460 g/mol. The zero-order valence-corrected chi connectivity index (χ0v) is 18.3. The first kappa shape index (κ1) is 22.8. The molecule has 33 heavy (non-hydrogen) atoms. The molecule has 2 atom stereocenters. The summed E-state index contributed by atoms with van der Waals surface area (Å²) in [6, 6.07) is 3.93. The van der Waals surface area contributed by atoms with E-state index < -0.39 is 34.4 Å². The van der Waals surface area contributed by atoms with Gasteiger partial charge in [-0.05, 0) is 51.6 Å². The lowest BCUT2D eigenvalue weighted by molar-refractivity contribution is 0.0695. The van der Waals surface area contributed by atoms with Crippen LogP contribution in [0.3, 0.4) is 0 Å². The maximum atomic E-state index is 15.1. The van der Waals surface area contributed by atoms with Gasteiger partial charge in [0.2, 0.25) is 5.43 Å². The van der Waals surface area contributed by atoms with Gasteiger partial charge in [-0.1, -0.05) is 0 Å². The first-order valence-electron chi connectivity index (χ1n) is 10.4. The van der Waals surface area contributed by atoms with Crippen LogP contribution in [-0.4, -0.2) is 58.8 Å². The minimum absolute atomic E-state index is 0.00491. The molecule has 3 aromatic rings. The summed E-state index contributed by atoms with van der Waals surface area (Å²) >= 11 is 0. The molecule has 4 rings (SSSR count). The molecule has 0 bridgehead atoms. The van der Waals surface area contributed by atoms with Crippen LogP contribution in [0, 0.1) is 23.4 Å². The van der Waals surface area contributed by atoms with E-state index in [1.54, 1.807) is 4.90 Å². The standard InChI is InChI=1S/C23H23F3N4O3/c1-12(28(2)3)13-6-7-29(10-13)22-18(26)9-15-20(31)16(23(32)33)11-30(21(15)27-22)19-5-4-14(24)8-17(19)25/h4-5,8-9,11-13H,6-7,10H2,1-3H3,(H,32,33)/t12-,13-/m1/s1. The van der Waals surface area contributed by atoms with Crippen molar-refractivity contribution >= 4 is 22.8 Å². The third kappa shape index (κ3) is 4.06. The minimum atomic E-state index is -1.55. The van der Waals surface area contributed by atoms with Crippen molar-refractivity contribution in [2.24, 2.45) is 5.92 Å². The average Bonchev–Trinajstić information content (AvgIpc) is 3.23. The fourth-order valence-electron chi connectivity index (χ4n) is 4.24. The van der Waals surface area contributed by atoms with Gasteiger partial charge in [0.05, 0.1) is 11.1 Å². The lowest BCUT2D eigenvalue weighted by Crippen LogP contribution is -2.34. The fraction of sp³-hybridized carbons (Fsp3) is 0.348. The molecule has 1 N–H and O–H groups in total. The number of aromatic nitrogens is 2. The first-order valence-corrected chi connectivity index (χ1v) is 10.4. The van der Waals surface area contributed by atoms with E-state index in [0.717, 1.165) is 35.4 Å². The van der Waals surface area contributed by atoms with E-state index in [9.17, 15) is 23.5 Å². The maximum absolute atomic E-state index is 15.1. The summed E-state index contributed by atoms with van der Waals surface area (Å²) in [5.74, 6) is -3.87. The number of carboxylic acids is 1. The molecule has 7 nitrogen and oxygen atoms in total. The van der Waals surface area contributed by atoms with E-state index in [4.69, 9.17) is 0 Å². The largest absolute Gasteiger partial charge is 0.477 e. The van der Waals surface area contributed by atoms with Crippen molar-refractivity contribution in [2.75, 3.05) is 32.1 Å². The van der Waals surface area contributed by atoms with Gasteiger partial charge in [0, 0.05) is 31.4 Å². The Morgan fingerprint density at radius 1 is 1.21 bits per heavy atom. The van der Waals surface area contributed by atoms with Crippen LogP contribution >= 0.6 is 0 Å². The Hall–Kier alpha value is -3.40. The number of benzene rings is 1. The Balaban J connectivity index is 1.91. The maximum Gasteiger partial charge on any atom is 0.341 e. The normalized spacial score (nSPS) is 17.2. The molecule has 10 heteroatoms. The molecule has 174 valence electrons. The van der Waals surface area contributed by atoms with Crippen molar-refractivity contribution < 1.29 is 23.1 Å². The quantitative estimate of drug-likeness (QED) is 0.630. The molecule has 0 unspecified atom stereocenters. The Labute approximate surface area is 187 Å². The van der Waals surface area contributed by atoms with E-state index in [2.05, 4.69) is 16.8 Å². The predicted octanol–water partition coefficient (Wildman–Crippen LogP) is 3.28. The number of pyridine rings is 2. The number of halogens is 3. The highest BCUT2D eigenvalue weighted by molar-refractivity contribution is 5.92. The number of nitrogens with zero attached hydrogens (tertiary/aromatic N) is 4. The predicted molar refractivity (Wildman–Crippen MR) is 118 cm³/mol. The van der Waals surface area contributed by atoms with Gasteiger partial charge in [0.15, 0.2) is 17.3 Å². The second-order valence-electron chi connectivity index (χ2n) is 8.51. The number of fused-ring (bicyclic) bond motifs is 1. The monoisotopic (exact) mass is 460 g/mol. The van der Waals surface area contributed by atoms with Crippen LogP contribution in [-0.2, 0) is 0 Å². The van der Waals surface area contributed by atoms with Crippen LogP contribution in [0.5, 0.6) is 0 Å². The Morgan fingerprint density at radius 2 is 1.94 bits per heavy atom. The lowest BCUT2D eigenvalue weighted by Gasteiger charge is -2.26. The molecule has 0 radical (unpaired) electrons. The van der Waals surface area contributed by atoms with Crippen LogP contribution in [0.2, 0.25) is 0 Å². The molecule has 1 aliphatic heterocycles. The van der Waals surface area contributed by atoms with Gasteiger partial charge < -0.3 is 14.9 Å². The van der Waals surface area contributed by atoms with Crippen molar-refractivity contribution in [3.05, 3.63) is 63.7 Å². The van der Waals surface area contributed by atoms with E-state index in [1.165, 1.54) is 0 Å². The number of anilines is 1. The molecule has 0 amide bonds. The first-order chi connectivity index (χ1) is 15.6. The van der Waals surface area contributed by atoms with Crippen LogP contribution in [0.1, 0.15) is 23.7 Å². The summed E-state index contributed by atoms with van der Waals surface area (Å²) < 4.78 is 44.2. The lowest BCUT2D eigenvalue weighted by atomic mass is 10.00. The van der Waals surface area contributed by atoms with Crippen LogP contribution in [0.25, 0.3) is 16.7 Å². The minimum Gasteiger partial charge on any atom is -0.477 e. The smallest absolute Gasteiger partial charge is 0.341 e. The molecule has 2 aromatic heterocycles. The van der Waals surface area contributed by atoms with Crippen LogP contribution in [0.4, 0.5) is 19.0 Å². The summed E-state index contributed by atoms with van der Waals surface area (Å²) in [5.41, 5.74) is -1.94.